The van der Waals surface area contributed by atoms with Crippen molar-refractivity contribution < 1.29 is 0 Å². The standard InChI is InChI=1S/C5H6Cl2N2/c1-4(6)9-3-2-5(7)8/h2-3,8-9H,1H2. The molecule has 50 valence electrons. The van der Waals surface area contributed by atoms with Crippen molar-refractivity contribution in [2.45, 2.75) is 0 Å². The molecule has 0 aliphatic heterocycles. The Morgan fingerprint density at radius 2 is 2.11 bits per heavy atom. The van der Waals surface area contributed by atoms with Crippen LogP contribution in [0, 0.1) is 5.41 Å². The van der Waals surface area contributed by atoms with E-state index in [9.17, 15) is 0 Å². The van der Waals surface area contributed by atoms with Crippen LogP contribution in [0.1, 0.15) is 0 Å². The van der Waals surface area contributed by atoms with Gasteiger partial charge in [-0.05, 0) is 6.08 Å². The Labute approximate surface area is 63.7 Å². The molecule has 0 aromatic heterocycles. The third-order valence-corrected chi connectivity index (χ3v) is 0.705. The molecule has 0 rings (SSSR count). The van der Waals surface area contributed by atoms with Gasteiger partial charge in [0.2, 0.25) is 0 Å². The predicted octanol–water partition coefficient (Wildman–Crippen LogP) is 2.02. The molecule has 9 heavy (non-hydrogen) atoms. The van der Waals surface area contributed by atoms with Gasteiger partial charge in [-0.2, -0.15) is 0 Å². The van der Waals surface area contributed by atoms with Crippen LogP contribution in [0.5, 0.6) is 0 Å². The van der Waals surface area contributed by atoms with E-state index in [0.717, 1.165) is 0 Å². The third kappa shape index (κ3) is 7.53. The lowest BCUT2D eigenvalue weighted by atomic mass is 10.6. The van der Waals surface area contributed by atoms with E-state index in [1.807, 2.05) is 0 Å². The van der Waals surface area contributed by atoms with E-state index in [2.05, 4.69) is 11.9 Å². The first-order valence-electron chi connectivity index (χ1n) is 2.14. The van der Waals surface area contributed by atoms with Gasteiger partial charge in [0.05, 0.1) is 5.16 Å². The molecule has 4 heteroatoms. The zero-order chi connectivity index (χ0) is 7.28. The molecular weight excluding hydrogens is 159 g/mol. The Morgan fingerprint density at radius 3 is 2.44 bits per heavy atom. The minimum absolute atomic E-state index is 0.0552. The second-order valence-corrected chi connectivity index (χ2v) is 2.09. The lowest BCUT2D eigenvalue weighted by Gasteiger charge is -1.90. The summed E-state index contributed by atoms with van der Waals surface area (Å²) >= 11 is 10.4. The van der Waals surface area contributed by atoms with Gasteiger partial charge in [0.25, 0.3) is 0 Å². The second kappa shape index (κ2) is 4.41. The Hall–Kier alpha value is -0.470. The van der Waals surface area contributed by atoms with Crippen molar-refractivity contribution in [1.82, 2.24) is 5.32 Å². The van der Waals surface area contributed by atoms with Gasteiger partial charge >= 0.3 is 0 Å². The second-order valence-electron chi connectivity index (χ2n) is 1.23. The van der Waals surface area contributed by atoms with Gasteiger partial charge in [0.15, 0.2) is 0 Å². The molecule has 0 radical (unpaired) electrons. The largest absolute Gasteiger partial charge is 0.353 e. The maximum Gasteiger partial charge on any atom is 0.122 e. The summed E-state index contributed by atoms with van der Waals surface area (Å²) in [4.78, 5) is 0. The van der Waals surface area contributed by atoms with Crippen LogP contribution >= 0.6 is 23.2 Å². The van der Waals surface area contributed by atoms with Gasteiger partial charge in [0, 0.05) is 6.20 Å². The minimum Gasteiger partial charge on any atom is -0.353 e. The average molecular weight is 165 g/mol. The molecule has 0 unspecified atom stereocenters. The Kier molecular flexibility index (Phi) is 4.18. The van der Waals surface area contributed by atoms with E-state index < -0.39 is 0 Å². The monoisotopic (exact) mass is 164 g/mol. The summed E-state index contributed by atoms with van der Waals surface area (Å²) < 4.78 is 0. The number of hydrogen-bond donors (Lipinski definition) is 2. The first kappa shape index (κ1) is 8.53. The molecular formula is C5H6Cl2N2. The first-order valence-corrected chi connectivity index (χ1v) is 2.90. The smallest absolute Gasteiger partial charge is 0.122 e. The van der Waals surface area contributed by atoms with Gasteiger partial charge in [-0.15, -0.1) is 0 Å². The van der Waals surface area contributed by atoms with Crippen LogP contribution in [0.15, 0.2) is 24.0 Å². The van der Waals surface area contributed by atoms with Gasteiger partial charge in [-0.3, -0.25) is 5.41 Å². The molecule has 0 aromatic rings. The molecule has 2 N–H and O–H groups in total. The molecule has 0 aliphatic rings. The van der Waals surface area contributed by atoms with E-state index >= 15 is 0 Å². The van der Waals surface area contributed by atoms with E-state index in [4.69, 9.17) is 28.6 Å². The van der Waals surface area contributed by atoms with Gasteiger partial charge in [-0.1, -0.05) is 29.8 Å². The van der Waals surface area contributed by atoms with E-state index in [1.165, 1.54) is 12.3 Å². The average Bonchev–Trinajstić information content (AvgIpc) is 1.63. The number of rotatable bonds is 3. The fraction of sp³-hybridized carbons (Fsp3) is 0. The highest BCUT2D eigenvalue weighted by molar-refractivity contribution is 6.67. The third-order valence-electron chi connectivity index (χ3n) is 0.470. The van der Waals surface area contributed by atoms with Gasteiger partial charge in [-0.25, -0.2) is 0 Å². The van der Waals surface area contributed by atoms with Gasteiger partial charge in [0.1, 0.15) is 5.17 Å². The molecule has 0 aliphatic carbocycles. The lowest BCUT2D eigenvalue weighted by molar-refractivity contribution is 1.17. The maximum absolute atomic E-state index is 6.70. The van der Waals surface area contributed by atoms with Crippen LogP contribution in [0.25, 0.3) is 0 Å². The van der Waals surface area contributed by atoms with E-state index in [1.54, 1.807) is 0 Å². The maximum atomic E-state index is 6.70. The summed E-state index contributed by atoms with van der Waals surface area (Å²) in [6.45, 7) is 3.34. The summed E-state index contributed by atoms with van der Waals surface area (Å²) in [6.07, 6.45) is 2.79. The van der Waals surface area contributed by atoms with Crippen molar-refractivity contribution in [1.29, 1.82) is 5.41 Å². The fourth-order valence-corrected chi connectivity index (χ4v) is 0.331. The van der Waals surface area contributed by atoms with E-state index in [-0.39, 0.29) is 5.17 Å². The number of halogens is 2. The van der Waals surface area contributed by atoms with E-state index in [0.29, 0.717) is 5.16 Å². The number of hydrogen-bond acceptors (Lipinski definition) is 2. The highest BCUT2D eigenvalue weighted by Crippen LogP contribution is 1.89. The SMILES string of the molecule is C=C(Cl)NC=CC(=N)Cl. The van der Waals surface area contributed by atoms with Crippen molar-refractivity contribution in [2.24, 2.45) is 0 Å². The summed E-state index contributed by atoms with van der Waals surface area (Å²) in [5.41, 5.74) is 0. The van der Waals surface area contributed by atoms with Crippen LogP contribution in [0.2, 0.25) is 0 Å². The van der Waals surface area contributed by atoms with Crippen molar-refractivity contribution in [2.75, 3.05) is 0 Å². The molecule has 0 amide bonds. The quantitative estimate of drug-likeness (QED) is 0.487. The Balaban J connectivity index is 3.48. The fourth-order valence-electron chi connectivity index (χ4n) is 0.205. The molecule has 0 aromatic carbocycles. The summed E-state index contributed by atoms with van der Waals surface area (Å²) in [7, 11) is 0. The predicted molar refractivity (Wildman–Crippen MR) is 40.8 cm³/mol. The highest BCUT2D eigenvalue weighted by atomic mass is 35.5. The zero-order valence-corrected chi connectivity index (χ0v) is 6.13. The van der Waals surface area contributed by atoms with Crippen molar-refractivity contribution in [3.05, 3.63) is 24.0 Å². The number of nitrogens with one attached hydrogen (secondary N) is 2. The van der Waals surface area contributed by atoms with Crippen molar-refractivity contribution in [3.8, 4) is 0 Å². The topological polar surface area (TPSA) is 35.9 Å². The molecule has 0 bridgehead atoms. The normalized spacial score (nSPS) is 9.56. The number of allylic oxidation sites excluding steroid dienone is 1. The zero-order valence-electron chi connectivity index (χ0n) is 4.62. The van der Waals surface area contributed by atoms with Crippen LogP contribution < -0.4 is 5.32 Å². The van der Waals surface area contributed by atoms with Crippen LogP contribution in [0.4, 0.5) is 0 Å². The molecule has 0 saturated heterocycles. The molecule has 0 saturated carbocycles. The molecule has 0 heterocycles. The van der Waals surface area contributed by atoms with Crippen molar-refractivity contribution >= 4 is 28.4 Å². The lowest BCUT2D eigenvalue weighted by Crippen LogP contribution is -1.96. The minimum atomic E-state index is -0.0552. The van der Waals surface area contributed by atoms with Crippen LogP contribution in [-0.4, -0.2) is 5.17 Å². The molecule has 2 nitrogen and oxygen atoms in total. The van der Waals surface area contributed by atoms with Crippen LogP contribution in [0.3, 0.4) is 0 Å². The Bertz CT molecular complexity index is 151. The highest BCUT2D eigenvalue weighted by Gasteiger charge is 1.79. The molecule has 0 spiro atoms. The Morgan fingerprint density at radius 1 is 1.56 bits per heavy atom. The molecule has 0 fully saturated rings. The summed E-state index contributed by atoms with van der Waals surface area (Å²) in [5, 5.41) is 9.49. The van der Waals surface area contributed by atoms with Crippen molar-refractivity contribution in [3.63, 3.8) is 0 Å². The van der Waals surface area contributed by atoms with Crippen LogP contribution in [-0.2, 0) is 0 Å². The summed E-state index contributed by atoms with van der Waals surface area (Å²) in [6, 6.07) is 0. The van der Waals surface area contributed by atoms with Gasteiger partial charge < -0.3 is 5.32 Å². The molecule has 0 atom stereocenters. The first-order chi connectivity index (χ1) is 4.13. The summed E-state index contributed by atoms with van der Waals surface area (Å²) in [5.74, 6) is 0.